The number of benzene rings is 2. The van der Waals surface area contributed by atoms with E-state index in [2.05, 4.69) is 34.1 Å². The van der Waals surface area contributed by atoms with E-state index in [1.54, 1.807) is 24.3 Å². The number of piperazine rings is 1. The maximum absolute atomic E-state index is 13.2. The van der Waals surface area contributed by atoms with Crippen LogP contribution in [0, 0.1) is 11.8 Å². The summed E-state index contributed by atoms with van der Waals surface area (Å²) in [4.78, 5) is 15.0. The summed E-state index contributed by atoms with van der Waals surface area (Å²) in [6.45, 7) is 12.0. The van der Waals surface area contributed by atoms with Crippen molar-refractivity contribution < 1.29 is 13.2 Å². The summed E-state index contributed by atoms with van der Waals surface area (Å²) in [7, 11) is -3.81. The SMILES string of the molecule is CC(C)CNC(=O)c1ccc(N2CCNCC2)c(NS(=O)(=O)c2ccc(CC(C)C)cc2)c1. The summed E-state index contributed by atoms with van der Waals surface area (Å²) in [5.41, 5.74) is 2.73. The Bertz CT molecular complexity index is 1040. The predicted octanol–water partition coefficient (Wildman–Crippen LogP) is 3.48. The standard InChI is InChI=1S/C25H36N4O3S/c1-18(2)15-20-5-8-22(9-6-20)33(31,32)28-23-16-21(25(30)27-17-19(3)4)7-10-24(23)29-13-11-26-12-14-29/h5-10,16,18-19,26,28H,11-15,17H2,1-4H3,(H,27,30). The van der Waals surface area contributed by atoms with E-state index in [-0.39, 0.29) is 10.8 Å². The van der Waals surface area contributed by atoms with Gasteiger partial charge in [-0.15, -0.1) is 0 Å². The number of nitrogens with one attached hydrogen (secondary N) is 3. The average molecular weight is 473 g/mol. The first-order valence-corrected chi connectivity index (χ1v) is 13.1. The second-order valence-corrected chi connectivity index (χ2v) is 11.1. The Morgan fingerprint density at radius 3 is 2.27 bits per heavy atom. The van der Waals surface area contributed by atoms with Crippen LogP contribution in [0.1, 0.15) is 43.6 Å². The summed E-state index contributed by atoms with van der Waals surface area (Å²) in [5.74, 6) is 0.608. The summed E-state index contributed by atoms with van der Waals surface area (Å²) in [6.07, 6.45) is 0.897. The smallest absolute Gasteiger partial charge is 0.261 e. The molecule has 33 heavy (non-hydrogen) atoms. The number of carbonyl (C=O) groups excluding carboxylic acids is 1. The van der Waals surface area contributed by atoms with Gasteiger partial charge in [0.15, 0.2) is 0 Å². The highest BCUT2D eigenvalue weighted by atomic mass is 32.2. The highest BCUT2D eigenvalue weighted by molar-refractivity contribution is 7.92. The molecule has 1 aliphatic rings. The number of carbonyl (C=O) groups is 1. The molecule has 0 bridgehead atoms. The Morgan fingerprint density at radius 2 is 1.67 bits per heavy atom. The average Bonchev–Trinajstić information content (AvgIpc) is 2.77. The van der Waals surface area contributed by atoms with Crippen molar-refractivity contribution in [2.45, 2.75) is 39.0 Å². The van der Waals surface area contributed by atoms with Gasteiger partial charge in [-0.3, -0.25) is 9.52 Å². The van der Waals surface area contributed by atoms with Gasteiger partial charge in [-0.25, -0.2) is 8.42 Å². The Labute approximate surface area is 198 Å². The normalized spacial score (nSPS) is 14.5. The number of hydrogen-bond acceptors (Lipinski definition) is 5. The molecule has 0 aromatic heterocycles. The molecule has 0 radical (unpaired) electrons. The van der Waals surface area contributed by atoms with Gasteiger partial charge in [-0.2, -0.15) is 0 Å². The molecule has 2 aromatic rings. The third-order valence-corrected chi connectivity index (χ3v) is 6.89. The molecule has 180 valence electrons. The largest absolute Gasteiger partial charge is 0.367 e. The van der Waals surface area contributed by atoms with Crippen LogP contribution >= 0.6 is 0 Å². The van der Waals surface area contributed by atoms with Crippen LogP contribution in [0.2, 0.25) is 0 Å². The fourth-order valence-corrected chi connectivity index (χ4v) is 4.88. The summed E-state index contributed by atoms with van der Waals surface area (Å²) in [6, 6.07) is 12.2. The van der Waals surface area contributed by atoms with Crippen LogP contribution in [0.3, 0.4) is 0 Å². The van der Waals surface area contributed by atoms with Gasteiger partial charge in [-0.1, -0.05) is 39.8 Å². The summed E-state index contributed by atoms with van der Waals surface area (Å²) in [5, 5.41) is 6.21. The molecule has 3 rings (SSSR count). The van der Waals surface area contributed by atoms with Crippen molar-refractivity contribution in [3.63, 3.8) is 0 Å². The first-order chi connectivity index (χ1) is 15.7. The van der Waals surface area contributed by atoms with E-state index < -0.39 is 10.0 Å². The Morgan fingerprint density at radius 1 is 1.00 bits per heavy atom. The van der Waals surface area contributed by atoms with Crippen molar-refractivity contribution in [2.75, 3.05) is 42.3 Å². The zero-order chi connectivity index (χ0) is 24.0. The van der Waals surface area contributed by atoms with Gasteiger partial charge in [0.25, 0.3) is 15.9 Å². The third-order valence-electron chi connectivity index (χ3n) is 5.51. The van der Waals surface area contributed by atoms with Crippen LogP contribution in [0.25, 0.3) is 0 Å². The van der Waals surface area contributed by atoms with Gasteiger partial charge < -0.3 is 15.5 Å². The number of nitrogens with zero attached hydrogens (tertiary/aromatic N) is 1. The van der Waals surface area contributed by atoms with E-state index in [4.69, 9.17) is 0 Å². The van der Waals surface area contributed by atoms with Crippen LogP contribution in [0.15, 0.2) is 47.4 Å². The van der Waals surface area contributed by atoms with Crippen LogP contribution in [-0.4, -0.2) is 47.0 Å². The minimum Gasteiger partial charge on any atom is -0.367 e. The van der Waals surface area contributed by atoms with Crippen molar-refractivity contribution in [3.8, 4) is 0 Å². The minimum absolute atomic E-state index is 0.205. The predicted molar refractivity (Wildman–Crippen MR) is 134 cm³/mol. The van der Waals surface area contributed by atoms with E-state index in [0.717, 1.165) is 43.9 Å². The van der Waals surface area contributed by atoms with E-state index in [9.17, 15) is 13.2 Å². The first kappa shape index (κ1) is 25.1. The number of amides is 1. The zero-order valence-corrected chi connectivity index (χ0v) is 20.8. The molecule has 1 heterocycles. The molecule has 7 nitrogen and oxygen atoms in total. The fourth-order valence-electron chi connectivity index (χ4n) is 3.82. The molecule has 0 saturated carbocycles. The van der Waals surface area contributed by atoms with E-state index >= 15 is 0 Å². The fraction of sp³-hybridized carbons (Fsp3) is 0.480. The van der Waals surface area contributed by atoms with E-state index in [1.807, 2.05) is 32.0 Å². The van der Waals surface area contributed by atoms with Crippen LogP contribution in [-0.2, 0) is 16.4 Å². The van der Waals surface area contributed by atoms with Crippen molar-refractivity contribution in [1.82, 2.24) is 10.6 Å². The number of rotatable bonds is 9. The second-order valence-electron chi connectivity index (χ2n) is 9.42. The number of sulfonamides is 1. The Balaban J connectivity index is 1.90. The zero-order valence-electron chi connectivity index (χ0n) is 20.0. The van der Waals surface area contributed by atoms with Gasteiger partial charge in [-0.05, 0) is 54.2 Å². The third kappa shape index (κ3) is 6.95. The second kappa shape index (κ2) is 11.0. The number of hydrogen-bond donors (Lipinski definition) is 3. The van der Waals surface area contributed by atoms with Gasteiger partial charge in [0.2, 0.25) is 0 Å². The lowest BCUT2D eigenvalue weighted by atomic mass is 10.0. The molecule has 0 aliphatic carbocycles. The molecular formula is C25H36N4O3S. The highest BCUT2D eigenvalue weighted by Crippen LogP contribution is 2.30. The van der Waals surface area contributed by atoms with Crippen LogP contribution in [0.4, 0.5) is 11.4 Å². The molecule has 1 saturated heterocycles. The molecule has 1 aliphatic heterocycles. The lowest BCUT2D eigenvalue weighted by Crippen LogP contribution is -2.43. The Kier molecular flexibility index (Phi) is 8.37. The van der Waals surface area contributed by atoms with Crippen LogP contribution in [0.5, 0.6) is 0 Å². The van der Waals surface area contributed by atoms with E-state index in [1.165, 1.54) is 0 Å². The molecule has 0 atom stereocenters. The molecule has 0 spiro atoms. The van der Waals surface area contributed by atoms with E-state index in [0.29, 0.717) is 29.6 Å². The molecule has 3 N–H and O–H groups in total. The van der Waals surface area contributed by atoms with Crippen molar-refractivity contribution in [1.29, 1.82) is 0 Å². The molecule has 1 fully saturated rings. The van der Waals surface area contributed by atoms with Crippen molar-refractivity contribution in [3.05, 3.63) is 53.6 Å². The molecule has 8 heteroatoms. The van der Waals surface area contributed by atoms with Gasteiger partial charge in [0.05, 0.1) is 16.3 Å². The lowest BCUT2D eigenvalue weighted by molar-refractivity contribution is 0.0949. The Hall–Kier alpha value is -2.58. The summed E-state index contributed by atoms with van der Waals surface area (Å²) >= 11 is 0. The first-order valence-electron chi connectivity index (χ1n) is 11.7. The topological polar surface area (TPSA) is 90.5 Å². The van der Waals surface area contributed by atoms with Gasteiger partial charge >= 0.3 is 0 Å². The van der Waals surface area contributed by atoms with Gasteiger partial charge in [0.1, 0.15) is 0 Å². The number of anilines is 2. The quantitative estimate of drug-likeness (QED) is 0.520. The highest BCUT2D eigenvalue weighted by Gasteiger charge is 2.21. The maximum atomic E-state index is 13.2. The van der Waals surface area contributed by atoms with Crippen molar-refractivity contribution >= 4 is 27.3 Å². The van der Waals surface area contributed by atoms with Crippen LogP contribution < -0.4 is 20.3 Å². The lowest BCUT2D eigenvalue weighted by Gasteiger charge is -2.31. The molecule has 0 unspecified atom stereocenters. The maximum Gasteiger partial charge on any atom is 0.261 e. The minimum atomic E-state index is -3.81. The monoisotopic (exact) mass is 472 g/mol. The van der Waals surface area contributed by atoms with Crippen molar-refractivity contribution in [2.24, 2.45) is 11.8 Å². The summed E-state index contributed by atoms with van der Waals surface area (Å²) < 4.78 is 29.2. The molecular weight excluding hydrogens is 436 g/mol. The molecule has 2 aromatic carbocycles. The van der Waals surface area contributed by atoms with Gasteiger partial charge in [0, 0.05) is 38.3 Å². The molecule has 1 amide bonds.